The Morgan fingerprint density at radius 1 is 1.45 bits per heavy atom. The van der Waals surface area contributed by atoms with Gasteiger partial charge in [0.05, 0.1) is 21.5 Å². The van der Waals surface area contributed by atoms with Gasteiger partial charge in [0, 0.05) is 12.8 Å². The Hall–Kier alpha value is -1.11. The van der Waals surface area contributed by atoms with Gasteiger partial charge in [0.2, 0.25) is 5.91 Å². The van der Waals surface area contributed by atoms with Gasteiger partial charge >= 0.3 is 0 Å². The number of sulfone groups is 1. The van der Waals surface area contributed by atoms with Crippen molar-refractivity contribution in [3.05, 3.63) is 23.2 Å². The highest BCUT2D eigenvalue weighted by Gasteiger charge is 2.22. The number of halogens is 1. The maximum atomic E-state index is 12.1. The van der Waals surface area contributed by atoms with E-state index < -0.39 is 9.84 Å². The standard InChI is InChI=1S/C13H17ClN2O3S/c1-20(18,19)10-4-5-11(14)12(7-10)16-13(17)9-3-2-6-15-8-9/h4-5,7,9,15H,2-3,6,8H2,1H3,(H,16,17)/t9-/m0/s1. The molecule has 1 aromatic rings. The van der Waals surface area contributed by atoms with Gasteiger partial charge in [-0.25, -0.2) is 8.42 Å². The fourth-order valence-electron chi connectivity index (χ4n) is 2.14. The lowest BCUT2D eigenvalue weighted by atomic mass is 9.99. The zero-order chi connectivity index (χ0) is 14.8. The molecule has 0 spiro atoms. The van der Waals surface area contributed by atoms with Crippen molar-refractivity contribution in [1.82, 2.24) is 5.32 Å². The van der Waals surface area contributed by atoms with E-state index in [9.17, 15) is 13.2 Å². The Bertz CT molecular complexity index is 610. The van der Waals surface area contributed by atoms with Crippen LogP contribution >= 0.6 is 11.6 Å². The maximum Gasteiger partial charge on any atom is 0.228 e. The molecule has 1 fully saturated rings. The third kappa shape index (κ3) is 3.71. The van der Waals surface area contributed by atoms with Gasteiger partial charge in [-0.3, -0.25) is 4.79 Å². The molecule has 7 heteroatoms. The van der Waals surface area contributed by atoms with E-state index in [0.717, 1.165) is 25.6 Å². The van der Waals surface area contributed by atoms with Crippen LogP contribution in [0.4, 0.5) is 5.69 Å². The van der Waals surface area contributed by atoms with Crippen LogP contribution in [0.25, 0.3) is 0 Å². The van der Waals surface area contributed by atoms with E-state index in [2.05, 4.69) is 10.6 Å². The van der Waals surface area contributed by atoms with Gasteiger partial charge in [-0.05, 0) is 37.6 Å². The number of hydrogen-bond acceptors (Lipinski definition) is 4. The van der Waals surface area contributed by atoms with Crippen LogP contribution in [0, 0.1) is 5.92 Å². The molecule has 2 N–H and O–H groups in total. The summed E-state index contributed by atoms with van der Waals surface area (Å²) in [6, 6.07) is 4.30. The molecule has 0 saturated carbocycles. The predicted molar refractivity (Wildman–Crippen MR) is 78.8 cm³/mol. The van der Waals surface area contributed by atoms with Crippen molar-refractivity contribution >= 4 is 33.0 Å². The molecule has 5 nitrogen and oxygen atoms in total. The summed E-state index contributed by atoms with van der Waals surface area (Å²) in [4.78, 5) is 12.3. The largest absolute Gasteiger partial charge is 0.324 e. The Labute approximate surface area is 123 Å². The van der Waals surface area contributed by atoms with Gasteiger partial charge in [-0.2, -0.15) is 0 Å². The zero-order valence-corrected chi connectivity index (χ0v) is 12.7. The summed E-state index contributed by atoms with van der Waals surface area (Å²) in [5.74, 6) is -0.244. The number of amides is 1. The van der Waals surface area contributed by atoms with Gasteiger partial charge in [-0.1, -0.05) is 11.6 Å². The molecule has 20 heavy (non-hydrogen) atoms. The summed E-state index contributed by atoms with van der Waals surface area (Å²) < 4.78 is 23.0. The molecule has 0 bridgehead atoms. The van der Waals surface area contributed by atoms with Gasteiger partial charge in [0.15, 0.2) is 9.84 Å². The van der Waals surface area contributed by atoms with Gasteiger partial charge in [-0.15, -0.1) is 0 Å². The topological polar surface area (TPSA) is 75.3 Å². The normalized spacial score (nSPS) is 19.6. The molecule has 1 atom stereocenters. The van der Waals surface area contributed by atoms with Crippen molar-refractivity contribution in [2.75, 3.05) is 24.7 Å². The van der Waals surface area contributed by atoms with E-state index in [-0.39, 0.29) is 16.7 Å². The van der Waals surface area contributed by atoms with Crippen molar-refractivity contribution in [2.24, 2.45) is 5.92 Å². The minimum Gasteiger partial charge on any atom is -0.324 e. The molecule has 2 rings (SSSR count). The third-order valence-corrected chi connectivity index (χ3v) is 4.73. The Morgan fingerprint density at radius 3 is 2.80 bits per heavy atom. The number of piperidine rings is 1. The number of benzene rings is 1. The van der Waals surface area contributed by atoms with Crippen molar-refractivity contribution in [2.45, 2.75) is 17.7 Å². The quantitative estimate of drug-likeness (QED) is 0.889. The Kier molecular flexibility index (Phi) is 4.67. The lowest BCUT2D eigenvalue weighted by Crippen LogP contribution is -2.37. The first kappa shape index (κ1) is 15.3. The van der Waals surface area contributed by atoms with Crippen LogP contribution in [0.5, 0.6) is 0 Å². The number of rotatable bonds is 3. The first-order valence-electron chi connectivity index (χ1n) is 6.39. The van der Waals surface area contributed by atoms with E-state index in [0.29, 0.717) is 17.3 Å². The van der Waals surface area contributed by atoms with Crippen LogP contribution < -0.4 is 10.6 Å². The average molecular weight is 317 g/mol. The molecular weight excluding hydrogens is 300 g/mol. The SMILES string of the molecule is CS(=O)(=O)c1ccc(Cl)c(NC(=O)[C@H]2CCCNC2)c1. The first-order chi connectivity index (χ1) is 9.38. The van der Waals surface area contributed by atoms with Crippen LogP contribution in [0.15, 0.2) is 23.1 Å². The summed E-state index contributed by atoms with van der Waals surface area (Å²) in [5, 5.41) is 6.21. The molecule has 1 aromatic carbocycles. The molecular formula is C13H17ClN2O3S. The van der Waals surface area contributed by atoms with Gasteiger partial charge in [0.1, 0.15) is 0 Å². The van der Waals surface area contributed by atoms with Crippen LogP contribution in [-0.2, 0) is 14.6 Å². The fourth-order valence-corrected chi connectivity index (χ4v) is 2.95. The van der Waals surface area contributed by atoms with E-state index in [1.807, 2.05) is 0 Å². The van der Waals surface area contributed by atoms with Gasteiger partial charge < -0.3 is 10.6 Å². The lowest BCUT2D eigenvalue weighted by molar-refractivity contribution is -0.120. The van der Waals surface area contributed by atoms with Crippen molar-refractivity contribution in [3.8, 4) is 0 Å². The average Bonchev–Trinajstić information content (AvgIpc) is 2.41. The van der Waals surface area contributed by atoms with E-state index in [4.69, 9.17) is 11.6 Å². The predicted octanol–water partition coefficient (Wildman–Crippen LogP) is 1.68. The summed E-state index contributed by atoms with van der Waals surface area (Å²) in [7, 11) is -3.33. The molecule has 0 radical (unpaired) electrons. The molecule has 0 aliphatic carbocycles. The number of hydrogen-bond donors (Lipinski definition) is 2. The van der Waals surface area contributed by atoms with Crippen molar-refractivity contribution < 1.29 is 13.2 Å². The molecule has 0 aromatic heterocycles. The van der Waals surface area contributed by atoms with Crippen LogP contribution in [-0.4, -0.2) is 33.7 Å². The second-order valence-corrected chi connectivity index (χ2v) is 7.37. The minimum atomic E-state index is -3.33. The Balaban J connectivity index is 2.18. The van der Waals surface area contributed by atoms with Crippen LogP contribution in [0.3, 0.4) is 0 Å². The highest BCUT2D eigenvalue weighted by Crippen LogP contribution is 2.26. The number of carbonyl (C=O) groups is 1. The summed E-state index contributed by atoms with van der Waals surface area (Å²) in [6.45, 7) is 1.56. The lowest BCUT2D eigenvalue weighted by Gasteiger charge is -2.22. The first-order valence-corrected chi connectivity index (χ1v) is 8.66. The summed E-state index contributed by atoms with van der Waals surface area (Å²) in [6.07, 6.45) is 2.89. The number of nitrogens with one attached hydrogen (secondary N) is 2. The highest BCUT2D eigenvalue weighted by molar-refractivity contribution is 7.90. The molecule has 1 aliphatic rings. The second kappa shape index (κ2) is 6.11. The number of carbonyl (C=O) groups excluding carboxylic acids is 1. The van der Waals surface area contributed by atoms with Crippen molar-refractivity contribution in [1.29, 1.82) is 0 Å². The fraction of sp³-hybridized carbons (Fsp3) is 0.462. The monoisotopic (exact) mass is 316 g/mol. The minimum absolute atomic E-state index is 0.110. The van der Waals surface area contributed by atoms with E-state index in [1.54, 1.807) is 0 Å². The smallest absolute Gasteiger partial charge is 0.228 e. The highest BCUT2D eigenvalue weighted by atomic mass is 35.5. The molecule has 1 amide bonds. The second-order valence-electron chi connectivity index (χ2n) is 4.95. The third-order valence-electron chi connectivity index (χ3n) is 3.29. The molecule has 0 unspecified atom stereocenters. The number of anilines is 1. The molecule has 1 aliphatic heterocycles. The summed E-state index contributed by atoms with van der Waals surface area (Å²) >= 11 is 6.00. The van der Waals surface area contributed by atoms with Crippen LogP contribution in [0.1, 0.15) is 12.8 Å². The maximum absolute atomic E-state index is 12.1. The molecule has 1 saturated heterocycles. The van der Waals surface area contributed by atoms with Crippen molar-refractivity contribution in [3.63, 3.8) is 0 Å². The zero-order valence-electron chi connectivity index (χ0n) is 11.1. The van der Waals surface area contributed by atoms with E-state index in [1.165, 1.54) is 18.2 Å². The summed E-state index contributed by atoms with van der Waals surface area (Å²) in [5.41, 5.74) is 0.338. The molecule has 1 heterocycles. The van der Waals surface area contributed by atoms with Gasteiger partial charge in [0.25, 0.3) is 0 Å². The molecule has 110 valence electrons. The van der Waals surface area contributed by atoms with Crippen LogP contribution in [0.2, 0.25) is 5.02 Å². The van der Waals surface area contributed by atoms with E-state index >= 15 is 0 Å². The Morgan fingerprint density at radius 2 is 2.20 bits per heavy atom.